The Hall–Kier alpha value is -0.980. The Morgan fingerprint density at radius 2 is 2.36 bits per heavy atom. The second-order valence-electron chi connectivity index (χ2n) is 3.13. The van der Waals surface area contributed by atoms with Crippen LogP contribution in [0, 0.1) is 5.92 Å². The third kappa shape index (κ3) is 1.11. The summed E-state index contributed by atoms with van der Waals surface area (Å²) in [5, 5.41) is 9.45. The van der Waals surface area contributed by atoms with Crippen molar-refractivity contribution in [1.29, 1.82) is 0 Å². The number of fused-ring (bicyclic) bond motifs is 1. The van der Waals surface area contributed by atoms with E-state index in [-0.39, 0.29) is 0 Å². The Balaban J connectivity index is 2.34. The molecule has 1 atom stereocenters. The quantitative estimate of drug-likeness (QED) is 0.560. The molecule has 2 aliphatic rings. The van der Waals surface area contributed by atoms with Gasteiger partial charge in [-0.1, -0.05) is 18.2 Å². The lowest BCUT2D eigenvalue weighted by atomic mass is 9.84. The van der Waals surface area contributed by atoms with Crippen LogP contribution in [0.3, 0.4) is 0 Å². The van der Waals surface area contributed by atoms with Gasteiger partial charge in [-0.15, -0.1) is 0 Å². The molecule has 1 nitrogen and oxygen atoms in total. The van der Waals surface area contributed by atoms with Crippen molar-refractivity contribution >= 4 is 0 Å². The zero-order valence-electron chi connectivity index (χ0n) is 6.46. The molecular formula is C10H12O. The van der Waals surface area contributed by atoms with Crippen LogP contribution in [0.4, 0.5) is 0 Å². The van der Waals surface area contributed by atoms with Crippen LogP contribution in [-0.4, -0.2) is 5.11 Å². The first-order valence-corrected chi connectivity index (χ1v) is 4.16. The molecule has 0 fully saturated rings. The lowest BCUT2D eigenvalue weighted by Gasteiger charge is -2.22. The Morgan fingerprint density at radius 3 is 3.18 bits per heavy atom. The van der Waals surface area contributed by atoms with E-state index in [4.69, 9.17) is 0 Å². The number of aliphatic hydroxyl groups is 1. The molecule has 0 saturated heterocycles. The molecule has 2 rings (SSSR count). The monoisotopic (exact) mass is 148 g/mol. The van der Waals surface area contributed by atoms with E-state index in [2.05, 4.69) is 12.2 Å². The van der Waals surface area contributed by atoms with Gasteiger partial charge in [-0.05, 0) is 30.9 Å². The van der Waals surface area contributed by atoms with E-state index in [1.807, 2.05) is 6.08 Å². The summed E-state index contributed by atoms with van der Waals surface area (Å²) in [7, 11) is 0. The normalized spacial score (nSPS) is 28.9. The molecule has 0 radical (unpaired) electrons. The summed E-state index contributed by atoms with van der Waals surface area (Å²) in [6.07, 6.45) is 11.6. The van der Waals surface area contributed by atoms with E-state index < -0.39 is 0 Å². The fraction of sp³-hybridized carbons (Fsp3) is 0.400. The first kappa shape index (κ1) is 6.71. The zero-order chi connectivity index (χ0) is 7.68. The third-order valence-corrected chi connectivity index (χ3v) is 2.38. The summed E-state index contributed by atoms with van der Waals surface area (Å²) in [6, 6.07) is 0. The van der Waals surface area contributed by atoms with E-state index in [1.165, 1.54) is 12.8 Å². The molecule has 0 aromatic rings. The van der Waals surface area contributed by atoms with Crippen LogP contribution in [0.2, 0.25) is 0 Å². The van der Waals surface area contributed by atoms with Crippen LogP contribution in [0.15, 0.2) is 35.6 Å². The molecule has 0 spiro atoms. The summed E-state index contributed by atoms with van der Waals surface area (Å²) < 4.78 is 0. The van der Waals surface area contributed by atoms with Gasteiger partial charge >= 0.3 is 0 Å². The number of aliphatic hydroxyl groups excluding tert-OH is 1. The van der Waals surface area contributed by atoms with E-state index in [0.717, 1.165) is 12.0 Å². The largest absolute Gasteiger partial charge is 0.508 e. The van der Waals surface area contributed by atoms with Crippen molar-refractivity contribution in [3.8, 4) is 0 Å². The van der Waals surface area contributed by atoms with Crippen molar-refractivity contribution in [2.45, 2.75) is 19.3 Å². The van der Waals surface area contributed by atoms with Crippen LogP contribution < -0.4 is 0 Å². The average Bonchev–Trinajstić information content (AvgIpc) is 2.06. The minimum atomic E-state index is 0.470. The van der Waals surface area contributed by atoms with Crippen molar-refractivity contribution in [3.63, 3.8) is 0 Å². The van der Waals surface area contributed by atoms with Crippen molar-refractivity contribution < 1.29 is 5.11 Å². The van der Waals surface area contributed by atoms with Crippen LogP contribution in [0.5, 0.6) is 0 Å². The molecule has 0 saturated carbocycles. The van der Waals surface area contributed by atoms with Gasteiger partial charge in [0.15, 0.2) is 0 Å². The van der Waals surface area contributed by atoms with E-state index in [9.17, 15) is 5.11 Å². The lowest BCUT2D eigenvalue weighted by Crippen LogP contribution is -2.10. The van der Waals surface area contributed by atoms with Crippen molar-refractivity contribution in [3.05, 3.63) is 35.6 Å². The van der Waals surface area contributed by atoms with E-state index >= 15 is 0 Å². The fourth-order valence-corrected chi connectivity index (χ4v) is 1.77. The molecule has 2 aliphatic carbocycles. The van der Waals surface area contributed by atoms with Gasteiger partial charge in [0.1, 0.15) is 5.76 Å². The van der Waals surface area contributed by atoms with Crippen LogP contribution >= 0.6 is 0 Å². The third-order valence-electron chi connectivity index (χ3n) is 2.38. The fourth-order valence-electron chi connectivity index (χ4n) is 1.77. The highest BCUT2D eigenvalue weighted by molar-refractivity contribution is 5.38. The molecule has 11 heavy (non-hydrogen) atoms. The molecule has 0 aliphatic heterocycles. The molecule has 1 N–H and O–H groups in total. The Morgan fingerprint density at radius 1 is 1.45 bits per heavy atom. The van der Waals surface area contributed by atoms with Crippen molar-refractivity contribution in [1.82, 2.24) is 0 Å². The van der Waals surface area contributed by atoms with Gasteiger partial charge in [-0.25, -0.2) is 0 Å². The minimum Gasteiger partial charge on any atom is -0.508 e. The van der Waals surface area contributed by atoms with Crippen LogP contribution in [0.25, 0.3) is 0 Å². The highest BCUT2D eigenvalue weighted by Crippen LogP contribution is 2.32. The molecular weight excluding hydrogens is 136 g/mol. The number of rotatable bonds is 0. The highest BCUT2D eigenvalue weighted by atomic mass is 16.3. The predicted molar refractivity (Wildman–Crippen MR) is 45.3 cm³/mol. The lowest BCUT2D eigenvalue weighted by molar-refractivity contribution is 0.400. The minimum absolute atomic E-state index is 0.470. The highest BCUT2D eigenvalue weighted by Gasteiger charge is 2.19. The summed E-state index contributed by atoms with van der Waals surface area (Å²) in [5.74, 6) is 0.964. The second-order valence-corrected chi connectivity index (χ2v) is 3.13. The summed E-state index contributed by atoms with van der Waals surface area (Å²) in [5.41, 5.74) is 1.14. The zero-order valence-corrected chi connectivity index (χ0v) is 6.46. The van der Waals surface area contributed by atoms with Crippen LogP contribution in [-0.2, 0) is 0 Å². The maximum Gasteiger partial charge on any atom is 0.119 e. The molecule has 1 unspecified atom stereocenters. The van der Waals surface area contributed by atoms with E-state index in [1.54, 1.807) is 6.08 Å². The Kier molecular flexibility index (Phi) is 1.57. The van der Waals surface area contributed by atoms with Gasteiger partial charge < -0.3 is 5.11 Å². The molecule has 0 bridgehead atoms. The summed E-state index contributed by atoms with van der Waals surface area (Å²) in [4.78, 5) is 0. The smallest absolute Gasteiger partial charge is 0.119 e. The van der Waals surface area contributed by atoms with Crippen molar-refractivity contribution in [2.75, 3.05) is 0 Å². The first-order valence-electron chi connectivity index (χ1n) is 4.16. The maximum absolute atomic E-state index is 9.45. The molecule has 58 valence electrons. The Bertz CT molecular complexity index is 246. The molecule has 0 aromatic carbocycles. The molecule has 1 heteroatoms. The van der Waals surface area contributed by atoms with Gasteiger partial charge in [0.25, 0.3) is 0 Å². The molecule has 0 heterocycles. The topological polar surface area (TPSA) is 20.2 Å². The summed E-state index contributed by atoms with van der Waals surface area (Å²) in [6.45, 7) is 0. The van der Waals surface area contributed by atoms with Gasteiger partial charge in [0.05, 0.1) is 0 Å². The van der Waals surface area contributed by atoms with Crippen molar-refractivity contribution in [2.24, 2.45) is 5.92 Å². The van der Waals surface area contributed by atoms with Gasteiger partial charge in [-0.2, -0.15) is 0 Å². The Labute approximate surface area is 66.7 Å². The van der Waals surface area contributed by atoms with Crippen LogP contribution in [0.1, 0.15) is 19.3 Å². The summed E-state index contributed by atoms with van der Waals surface area (Å²) >= 11 is 0. The maximum atomic E-state index is 9.45. The number of hydrogen-bond acceptors (Lipinski definition) is 1. The van der Waals surface area contributed by atoms with Gasteiger partial charge in [-0.3, -0.25) is 0 Å². The predicted octanol–water partition coefficient (Wildman–Crippen LogP) is 2.72. The number of hydrogen-bond donors (Lipinski definition) is 1. The first-order chi connectivity index (χ1) is 5.38. The molecule has 0 amide bonds. The van der Waals surface area contributed by atoms with Gasteiger partial charge in [0.2, 0.25) is 0 Å². The standard InChI is InChI=1S/C10H12O/c11-10-7-3-5-8-4-1-2-6-9(8)10/h3,5-8,11H,1-2,4H2. The SMILES string of the molecule is OC1=CC=CC2CCCC=C12. The number of allylic oxidation sites excluding steroid dienone is 5. The molecule has 0 aromatic heterocycles. The van der Waals surface area contributed by atoms with E-state index in [0.29, 0.717) is 11.7 Å². The van der Waals surface area contributed by atoms with Gasteiger partial charge in [0, 0.05) is 5.92 Å². The second kappa shape index (κ2) is 2.57. The average molecular weight is 148 g/mol.